The molecule has 0 radical (unpaired) electrons. The van der Waals surface area contributed by atoms with E-state index < -0.39 is 24.5 Å². The number of esters is 1. The molecule has 30 heavy (non-hydrogen) atoms. The number of anilines is 1. The number of urea groups is 1. The van der Waals surface area contributed by atoms with Crippen LogP contribution in [0.25, 0.3) is 11.1 Å². The maximum Gasteiger partial charge on any atom is 0.339 e. The third-order valence-corrected chi connectivity index (χ3v) is 4.10. The van der Waals surface area contributed by atoms with Crippen molar-refractivity contribution in [3.8, 4) is 17.2 Å². The van der Waals surface area contributed by atoms with Crippen LogP contribution in [0.2, 0.25) is 0 Å². The Hall–Kier alpha value is -4.44. The van der Waals surface area contributed by atoms with E-state index in [0.29, 0.717) is 22.4 Å². The van der Waals surface area contributed by atoms with Gasteiger partial charge >= 0.3 is 12.0 Å². The van der Waals surface area contributed by atoms with E-state index in [1.54, 1.807) is 78.9 Å². The van der Waals surface area contributed by atoms with Crippen molar-refractivity contribution in [3.05, 3.63) is 90.0 Å². The Labute approximate surface area is 172 Å². The first-order valence-corrected chi connectivity index (χ1v) is 9.00. The SMILES string of the molecule is N#Cc1ccccc1-c1ccccc1C(=O)OCC(=O)NC(=O)Nc1ccccc1. The smallest absolute Gasteiger partial charge is 0.339 e. The Morgan fingerprint density at radius 2 is 1.47 bits per heavy atom. The number of ether oxygens (including phenoxy) is 1. The summed E-state index contributed by atoms with van der Waals surface area (Å²) < 4.78 is 5.06. The second-order valence-corrected chi connectivity index (χ2v) is 6.15. The topological polar surface area (TPSA) is 108 Å². The molecule has 0 atom stereocenters. The molecular weight excluding hydrogens is 382 g/mol. The molecule has 0 unspecified atom stereocenters. The lowest BCUT2D eigenvalue weighted by atomic mass is 9.96. The van der Waals surface area contributed by atoms with Gasteiger partial charge in [0.15, 0.2) is 6.61 Å². The zero-order valence-corrected chi connectivity index (χ0v) is 15.8. The molecule has 148 valence electrons. The van der Waals surface area contributed by atoms with Gasteiger partial charge in [-0.15, -0.1) is 0 Å². The summed E-state index contributed by atoms with van der Waals surface area (Å²) >= 11 is 0. The first kappa shape index (κ1) is 20.3. The molecule has 7 nitrogen and oxygen atoms in total. The number of hydrogen-bond acceptors (Lipinski definition) is 5. The van der Waals surface area contributed by atoms with Crippen molar-refractivity contribution in [2.75, 3.05) is 11.9 Å². The average molecular weight is 399 g/mol. The quantitative estimate of drug-likeness (QED) is 0.636. The number of nitriles is 1. The van der Waals surface area contributed by atoms with E-state index in [-0.39, 0.29) is 5.56 Å². The first-order chi connectivity index (χ1) is 14.6. The minimum atomic E-state index is -0.772. The number of nitrogens with one attached hydrogen (secondary N) is 2. The molecule has 0 heterocycles. The lowest BCUT2D eigenvalue weighted by molar-refractivity contribution is -0.123. The van der Waals surface area contributed by atoms with Crippen LogP contribution in [0.5, 0.6) is 0 Å². The number of carbonyl (C=O) groups is 3. The van der Waals surface area contributed by atoms with Gasteiger partial charge in [-0.3, -0.25) is 10.1 Å². The van der Waals surface area contributed by atoms with Crippen LogP contribution < -0.4 is 10.6 Å². The van der Waals surface area contributed by atoms with E-state index in [1.807, 2.05) is 0 Å². The molecule has 0 aliphatic heterocycles. The average Bonchev–Trinajstić information content (AvgIpc) is 2.78. The highest BCUT2D eigenvalue weighted by molar-refractivity contribution is 6.03. The van der Waals surface area contributed by atoms with Gasteiger partial charge in [0, 0.05) is 11.3 Å². The molecule has 0 aliphatic rings. The molecule has 0 spiro atoms. The highest BCUT2D eigenvalue weighted by atomic mass is 16.5. The fraction of sp³-hybridized carbons (Fsp3) is 0.0435. The lowest BCUT2D eigenvalue weighted by Gasteiger charge is -2.11. The van der Waals surface area contributed by atoms with Gasteiger partial charge in [-0.25, -0.2) is 9.59 Å². The lowest BCUT2D eigenvalue weighted by Crippen LogP contribution is -2.37. The van der Waals surface area contributed by atoms with Crippen LogP contribution in [-0.4, -0.2) is 24.5 Å². The van der Waals surface area contributed by atoms with Gasteiger partial charge in [-0.1, -0.05) is 54.6 Å². The Kier molecular flexibility index (Phi) is 6.54. The van der Waals surface area contributed by atoms with Crippen molar-refractivity contribution in [3.63, 3.8) is 0 Å². The minimum Gasteiger partial charge on any atom is -0.452 e. The molecule has 0 aliphatic carbocycles. The number of imide groups is 1. The van der Waals surface area contributed by atoms with Crippen LogP contribution in [0.1, 0.15) is 15.9 Å². The third-order valence-electron chi connectivity index (χ3n) is 4.10. The van der Waals surface area contributed by atoms with Gasteiger partial charge in [0.05, 0.1) is 17.2 Å². The number of benzene rings is 3. The summed E-state index contributed by atoms with van der Waals surface area (Å²) in [5, 5.41) is 13.9. The van der Waals surface area contributed by atoms with Gasteiger partial charge in [0.2, 0.25) is 0 Å². The molecule has 0 saturated heterocycles. The maximum atomic E-state index is 12.5. The van der Waals surface area contributed by atoms with Crippen LogP contribution in [0, 0.1) is 11.3 Å². The normalized spacial score (nSPS) is 9.83. The number of carbonyl (C=O) groups excluding carboxylic acids is 3. The summed E-state index contributed by atoms with van der Waals surface area (Å²) in [5.41, 5.74) is 2.24. The molecular formula is C23H17N3O4. The van der Waals surface area contributed by atoms with E-state index in [4.69, 9.17) is 4.74 Å². The van der Waals surface area contributed by atoms with Crippen LogP contribution in [0.3, 0.4) is 0 Å². The highest BCUT2D eigenvalue weighted by Crippen LogP contribution is 2.27. The number of amides is 3. The van der Waals surface area contributed by atoms with Crippen LogP contribution in [0.4, 0.5) is 10.5 Å². The van der Waals surface area contributed by atoms with Crippen molar-refractivity contribution >= 4 is 23.6 Å². The number of nitrogens with zero attached hydrogens (tertiary/aromatic N) is 1. The molecule has 0 bridgehead atoms. The Bertz CT molecular complexity index is 1120. The third kappa shape index (κ3) is 5.09. The van der Waals surface area contributed by atoms with Crippen molar-refractivity contribution in [2.24, 2.45) is 0 Å². The second kappa shape index (κ2) is 9.66. The van der Waals surface area contributed by atoms with Gasteiger partial charge in [0.1, 0.15) is 0 Å². The van der Waals surface area contributed by atoms with Crippen molar-refractivity contribution in [2.45, 2.75) is 0 Å². The fourth-order valence-corrected chi connectivity index (χ4v) is 2.77. The zero-order valence-electron chi connectivity index (χ0n) is 15.8. The van der Waals surface area contributed by atoms with Crippen molar-refractivity contribution in [1.29, 1.82) is 5.26 Å². The molecule has 2 N–H and O–H groups in total. The van der Waals surface area contributed by atoms with Gasteiger partial charge in [0.25, 0.3) is 5.91 Å². The Morgan fingerprint density at radius 3 is 2.20 bits per heavy atom. The molecule has 0 saturated carbocycles. The van der Waals surface area contributed by atoms with Gasteiger partial charge < -0.3 is 10.1 Å². The standard InChI is InChI=1S/C23H17N3O4/c24-14-16-8-4-5-11-18(16)19-12-6-7-13-20(19)22(28)30-15-21(27)26-23(29)25-17-9-2-1-3-10-17/h1-13H,15H2,(H2,25,26,27,29). The minimum absolute atomic E-state index is 0.210. The van der Waals surface area contributed by atoms with Crippen molar-refractivity contribution in [1.82, 2.24) is 5.32 Å². The summed E-state index contributed by atoms with van der Waals surface area (Å²) in [6, 6.07) is 23.5. The van der Waals surface area contributed by atoms with Crippen LogP contribution in [-0.2, 0) is 9.53 Å². The predicted octanol–water partition coefficient (Wildman–Crippen LogP) is 3.73. The zero-order chi connectivity index (χ0) is 21.3. The van der Waals surface area contributed by atoms with E-state index in [1.165, 1.54) is 0 Å². The summed E-state index contributed by atoms with van der Waals surface area (Å²) in [6.45, 7) is -0.630. The molecule has 3 amide bonds. The monoisotopic (exact) mass is 399 g/mol. The van der Waals surface area contributed by atoms with Gasteiger partial charge in [-0.05, 0) is 29.8 Å². The molecule has 0 aromatic heterocycles. The molecule has 3 rings (SSSR count). The largest absolute Gasteiger partial charge is 0.452 e. The summed E-state index contributed by atoms with van der Waals surface area (Å²) in [4.78, 5) is 36.3. The maximum absolute atomic E-state index is 12.5. The molecule has 3 aromatic rings. The number of rotatable bonds is 5. The van der Waals surface area contributed by atoms with E-state index in [9.17, 15) is 19.6 Å². The van der Waals surface area contributed by atoms with E-state index in [0.717, 1.165) is 0 Å². The molecule has 7 heteroatoms. The predicted molar refractivity (Wildman–Crippen MR) is 110 cm³/mol. The summed E-state index contributed by atoms with van der Waals surface area (Å²) in [5.74, 6) is -1.51. The number of para-hydroxylation sites is 1. The Morgan fingerprint density at radius 1 is 0.833 bits per heavy atom. The summed E-state index contributed by atoms with van der Waals surface area (Å²) in [6.07, 6.45) is 0. The molecule has 3 aromatic carbocycles. The fourth-order valence-electron chi connectivity index (χ4n) is 2.77. The summed E-state index contributed by atoms with van der Waals surface area (Å²) in [7, 11) is 0. The van der Waals surface area contributed by atoms with Crippen LogP contribution in [0.15, 0.2) is 78.9 Å². The molecule has 0 fully saturated rings. The highest BCUT2D eigenvalue weighted by Gasteiger charge is 2.17. The second-order valence-electron chi connectivity index (χ2n) is 6.15. The Balaban J connectivity index is 1.64. The van der Waals surface area contributed by atoms with Crippen molar-refractivity contribution < 1.29 is 19.1 Å². The van der Waals surface area contributed by atoms with E-state index >= 15 is 0 Å². The van der Waals surface area contributed by atoms with Gasteiger partial charge in [-0.2, -0.15) is 5.26 Å². The first-order valence-electron chi connectivity index (χ1n) is 9.00. The number of hydrogen-bond donors (Lipinski definition) is 2. The van der Waals surface area contributed by atoms with Crippen LogP contribution >= 0.6 is 0 Å². The van der Waals surface area contributed by atoms with E-state index in [2.05, 4.69) is 16.7 Å².